The molecule has 0 fully saturated rings. The van der Waals surface area contributed by atoms with Crippen LogP contribution < -0.4 is 5.32 Å². The number of benzene rings is 2. The van der Waals surface area contributed by atoms with Crippen molar-refractivity contribution in [3.05, 3.63) is 63.6 Å². The lowest BCUT2D eigenvalue weighted by Crippen LogP contribution is -2.23. The number of nitrogens with one attached hydrogen (secondary N) is 1. The lowest BCUT2D eigenvalue weighted by atomic mass is 10.1. The monoisotopic (exact) mass is 319 g/mol. The van der Waals surface area contributed by atoms with E-state index in [1.54, 1.807) is 19.1 Å². The van der Waals surface area contributed by atoms with Gasteiger partial charge in [-0.2, -0.15) is 0 Å². The molecule has 98 valence electrons. The van der Waals surface area contributed by atoms with E-state index in [0.29, 0.717) is 12.1 Å². The summed E-state index contributed by atoms with van der Waals surface area (Å²) in [5.41, 5.74) is 2.36. The van der Waals surface area contributed by atoms with Crippen molar-refractivity contribution in [3.63, 3.8) is 0 Å². The van der Waals surface area contributed by atoms with Crippen LogP contribution in [-0.4, -0.2) is 11.0 Å². The van der Waals surface area contributed by atoms with Crippen LogP contribution in [0.15, 0.2) is 46.9 Å². The number of aromatic hydroxyl groups is 1. The van der Waals surface area contributed by atoms with Crippen LogP contribution in [0.5, 0.6) is 5.75 Å². The van der Waals surface area contributed by atoms with E-state index in [1.807, 2.05) is 24.3 Å². The molecule has 0 saturated carbocycles. The van der Waals surface area contributed by atoms with Crippen molar-refractivity contribution in [3.8, 4) is 5.75 Å². The van der Waals surface area contributed by atoms with E-state index in [4.69, 9.17) is 0 Å². The molecule has 0 unspecified atom stereocenters. The fourth-order valence-electron chi connectivity index (χ4n) is 1.83. The lowest BCUT2D eigenvalue weighted by molar-refractivity contribution is 0.0950. The number of hydrogen-bond acceptors (Lipinski definition) is 2. The first kappa shape index (κ1) is 13.6. The minimum absolute atomic E-state index is 0.141. The first-order valence-electron chi connectivity index (χ1n) is 5.88. The second kappa shape index (κ2) is 5.89. The van der Waals surface area contributed by atoms with E-state index in [9.17, 15) is 9.90 Å². The van der Waals surface area contributed by atoms with Gasteiger partial charge < -0.3 is 10.4 Å². The summed E-state index contributed by atoms with van der Waals surface area (Å²) in [5.74, 6) is 0.0264. The lowest BCUT2D eigenvalue weighted by Gasteiger charge is -2.08. The Balaban J connectivity index is 2.05. The molecule has 0 radical (unpaired) electrons. The zero-order chi connectivity index (χ0) is 13.8. The third-order valence-corrected chi connectivity index (χ3v) is 3.29. The maximum atomic E-state index is 12.0. The molecule has 2 rings (SSSR count). The minimum atomic E-state index is -0.141. The van der Waals surface area contributed by atoms with Crippen molar-refractivity contribution in [1.82, 2.24) is 5.32 Å². The third kappa shape index (κ3) is 3.58. The van der Waals surface area contributed by atoms with E-state index in [2.05, 4.69) is 21.2 Å². The highest BCUT2D eigenvalue weighted by atomic mass is 79.9. The average molecular weight is 320 g/mol. The summed E-state index contributed by atoms with van der Waals surface area (Å²) in [7, 11) is 0. The maximum absolute atomic E-state index is 12.0. The van der Waals surface area contributed by atoms with Crippen LogP contribution in [0.4, 0.5) is 0 Å². The number of carbonyl (C=O) groups excluding carboxylic acids is 1. The number of carbonyl (C=O) groups is 1. The Bertz CT molecular complexity index is 611. The van der Waals surface area contributed by atoms with Gasteiger partial charge in [0.15, 0.2) is 0 Å². The molecule has 3 nitrogen and oxygen atoms in total. The smallest absolute Gasteiger partial charge is 0.251 e. The van der Waals surface area contributed by atoms with Crippen molar-refractivity contribution in [1.29, 1.82) is 0 Å². The van der Waals surface area contributed by atoms with Crippen LogP contribution in [0.3, 0.4) is 0 Å². The molecule has 4 heteroatoms. The molecule has 2 aromatic rings. The molecule has 0 aliphatic rings. The highest BCUT2D eigenvalue weighted by Gasteiger charge is 2.09. The fourth-order valence-corrected chi connectivity index (χ4v) is 2.27. The molecule has 0 aliphatic heterocycles. The van der Waals surface area contributed by atoms with Gasteiger partial charge in [0.2, 0.25) is 0 Å². The number of hydrogen-bond donors (Lipinski definition) is 2. The van der Waals surface area contributed by atoms with E-state index in [0.717, 1.165) is 15.6 Å². The standard InChI is InChI=1S/C15H14BrNO2/c1-10-7-13(18)5-6-14(10)15(19)17-9-11-3-2-4-12(16)8-11/h2-8,18H,9H2,1H3,(H,17,19). The van der Waals surface area contributed by atoms with Gasteiger partial charge in [-0.25, -0.2) is 0 Å². The van der Waals surface area contributed by atoms with Crippen LogP contribution >= 0.6 is 15.9 Å². The number of aryl methyl sites for hydroxylation is 1. The van der Waals surface area contributed by atoms with Crippen molar-refractivity contribution in [2.45, 2.75) is 13.5 Å². The minimum Gasteiger partial charge on any atom is -0.508 e. The molecular weight excluding hydrogens is 306 g/mol. The van der Waals surface area contributed by atoms with Gasteiger partial charge in [-0.3, -0.25) is 4.79 Å². The topological polar surface area (TPSA) is 49.3 Å². The Morgan fingerprint density at radius 3 is 2.74 bits per heavy atom. The molecule has 0 aromatic heterocycles. The molecule has 0 aliphatic carbocycles. The van der Waals surface area contributed by atoms with Gasteiger partial charge in [0.05, 0.1) is 0 Å². The van der Waals surface area contributed by atoms with Crippen LogP contribution in [0.1, 0.15) is 21.5 Å². The molecule has 0 saturated heterocycles. The predicted octanol–water partition coefficient (Wildman–Crippen LogP) is 3.39. The quantitative estimate of drug-likeness (QED) is 0.911. The van der Waals surface area contributed by atoms with Gasteiger partial charge in [0, 0.05) is 16.6 Å². The number of phenols is 1. The number of halogens is 1. The molecular formula is C15H14BrNO2. The number of amides is 1. The largest absolute Gasteiger partial charge is 0.508 e. The van der Waals surface area contributed by atoms with Gasteiger partial charge >= 0.3 is 0 Å². The molecule has 2 N–H and O–H groups in total. The van der Waals surface area contributed by atoms with E-state index >= 15 is 0 Å². The van der Waals surface area contributed by atoms with Crippen molar-refractivity contribution >= 4 is 21.8 Å². The van der Waals surface area contributed by atoms with Crippen LogP contribution in [-0.2, 0) is 6.54 Å². The van der Waals surface area contributed by atoms with Crippen LogP contribution in [0, 0.1) is 6.92 Å². The Morgan fingerprint density at radius 2 is 2.05 bits per heavy atom. The van der Waals surface area contributed by atoms with E-state index < -0.39 is 0 Å². The Kier molecular flexibility index (Phi) is 4.22. The summed E-state index contributed by atoms with van der Waals surface area (Å²) in [4.78, 5) is 12.0. The molecule has 19 heavy (non-hydrogen) atoms. The Morgan fingerprint density at radius 1 is 1.26 bits per heavy atom. The highest BCUT2D eigenvalue weighted by molar-refractivity contribution is 9.10. The van der Waals surface area contributed by atoms with Gasteiger partial charge in [0.25, 0.3) is 5.91 Å². The third-order valence-electron chi connectivity index (χ3n) is 2.80. The zero-order valence-electron chi connectivity index (χ0n) is 10.5. The second-order valence-electron chi connectivity index (χ2n) is 4.31. The summed E-state index contributed by atoms with van der Waals surface area (Å²) in [6.07, 6.45) is 0. The van der Waals surface area contributed by atoms with Gasteiger partial charge in [-0.15, -0.1) is 0 Å². The Hall–Kier alpha value is -1.81. The summed E-state index contributed by atoms with van der Waals surface area (Å²) in [6, 6.07) is 12.5. The Labute approximate surface area is 120 Å². The molecule has 0 atom stereocenters. The summed E-state index contributed by atoms with van der Waals surface area (Å²) >= 11 is 3.39. The molecule has 0 heterocycles. The predicted molar refractivity (Wildman–Crippen MR) is 78.2 cm³/mol. The number of phenolic OH excluding ortho intramolecular Hbond substituents is 1. The molecule has 0 spiro atoms. The first-order chi connectivity index (χ1) is 9.06. The first-order valence-corrected chi connectivity index (χ1v) is 6.68. The molecule has 1 amide bonds. The van der Waals surface area contributed by atoms with Crippen molar-refractivity contribution in [2.75, 3.05) is 0 Å². The van der Waals surface area contributed by atoms with Gasteiger partial charge in [0.1, 0.15) is 5.75 Å². The second-order valence-corrected chi connectivity index (χ2v) is 5.23. The van der Waals surface area contributed by atoms with Gasteiger partial charge in [-0.05, 0) is 48.4 Å². The normalized spacial score (nSPS) is 10.2. The summed E-state index contributed by atoms with van der Waals surface area (Å²) in [5, 5.41) is 12.2. The van der Waals surface area contributed by atoms with Gasteiger partial charge in [-0.1, -0.05) is 28.1 Å². The van der Waals surface area contributed by atoms with E-state index in [-0.39, 0.29) is 11.7 Å². The zero-order valence-corrected chi connectivity index (χ0v) is 12.1. The average Bonchev–Trinajstić information content (AvgIpc) is 2.36. The SMILES string of the molecule is Cc1cc(O)ccc1C(=O)NCc1cccc(Br)c1. The highest BCUT2D eigenvalue weighted by Crippen LogP contribution is 2.16. The fraction of sp³-hybridized carbons (Fsp3) is 0.133. The summed E-state index contributed by atoms with van der Waals surface area (Å²) in [6.45, 7) is 2.27. The maximum Gasteiger partial charge on any atom is 0.251 e. The van der Waals surface area contributed by atoms with Crippen LogP contribution in [0.25, 0.3) is 0 Å². The van der Waals surface area contributed by atoms with Crippen molar-refractivity contribution < 1.29 is 9.90 Å². The van der Waals surface area contributed by atoms with E-state index in [1.165, 1.54) is 6.07 Å². The van der Waals surface area contributed by atoms with Crippen LogP contribution in [0.2, 0.25) is 0 Å². The summed E-state index contributed by atoms with van der Waals surface area (Å²) < 4.78 is 0.986. The molecule has 0 bridgehead atoms. The number of rotatable bonds is 3. The van der Waals surface area contributed by atoms with Crippen molar-refractivity contribution in [2.24, 2.45) is 0 Å². The molecule has 2 aromatic carbocycles.